The SMILES string of the molecule is CNCC(OC)C1CCCCC1. The fraction of sp³-hybridized carbons (Fsp3) is 1.00. The molecule has 0 aromatic carbocycles. The van der Waals surface area contributed by atoms with Crippen molar-refractivity contribution in [2.24, 2.45) is 5.92 Å². The Bertz CT molecular complexity index is 108. The van der Waals surface area contributed by atoms with Crippen molar-refractivity contribution < 1.29 is 4.74 Å². The highest BCUT2D eigenvalue weighted by Crippen LogP contribution is 2.27. The van der Waals surface area contributed by atoms with Gasteiger partial charge in [-0.15, -0.1) is 0 Å². The molecular formula is C10H21NO. The van der Waals surface area contributed by atoms with Gasteiger partial charge in [-0.05, 0) is 25.8 Å². The summed E-state index contributed by atoms with van der Waals surface area (Å²) in [4.78, 5) is 0. The zero-order valence-electron chi connectivity index (χ0n) is 8.31. The Hall–Kier alpha value is -0.0800. The molecule has 1 saturated carbocycles. The lowest BCUT2D eigenvalue weighted by molar-refractivity contribution is 0.0382. The molecule has 2 nitrogen and oxygen atoms in total. The number of hydrogen-bond donors (Lipinski definition) is 1. The first-order valence-electron chi connectivity index (χ1n) is 5.06. The third kappa shape index (κ3) is 2.76. The highest BCUT2D eigenvalue weighted by atomic mass is 16.5. The van der Waals surface area contributed by atoms with Gasteiger partial charge in [-0.2, -0.15) is 0 Å². The molecular weight excluding hydrogens is 150 g/mol. The van der Waals surface area contributed by atoms with Crippen molar-refractivity contribution in [1.82, 2.24) is 5.32 Å². The molecule has 0 aromatic rings. The van der Waals surface area contributed by atoms with Crippen LogP contribution in [0.15, 0.2) is 0 Å². The summed E-state index contributed by atoms with van der Waals surface area (Å²) >= 11 is 0. The molecule has 1 rings (SSSR count). The third-order valence-corrected chi connectivity index (χ3v) is 2.88. The van der Waals surface area contributed by atoms with E-state index in [0.29, 0.717) is 6.10 Å². The lowest BCUT2D eigenvalue weighted by atomic mass is 9.85. The molecule has 0 amide bonds. The third-order valence-electron chi connectivity index (χ3n) is 2.88. The molecule has 0 heterocycles. The number of likely N-dealkylation sites (N-methyl/N-ethyl adjacent to an activating group) is 1. The van der Waals surface area contributed by atoms with Crippen LogP contribution < -0.4 is 5.32 Å². The van der Waals surface area contributed by atoms with Crippen molar-refractivity contribution in [1.29, 1.82) is 0 Å². The van der Waals surface area contributed by atoms with E-state index in [1.165, 1.54) is 32.1 Å². The summed E-state index contributed by atoms with van der Waals surface area (Å²) in [6.45, 7) is 1.00. The van der Waals surface area contributed by atoms with E-state index in [-0.39, 0.29) is 0 Å². The topological polar surface area (TPSA) is 21.3 Å². The lowest BCUT2D eigenvalue weighted by Crippen LogP contribution is -2.33. The predicted molar refractivity (Wildman–Crippen MR) is 51.3 cm³/mol. The van der Waals surface area contributed by atoms with E-state index >= 15 is 0 Å². The molecule has 0 spiro atoms. The highest BCUT2D eigenvalue weighted by Gasteiger charge is 2.22. The summed E-state index contributed by atoms with van der Waals surface area (Å²) < 4.78 is 5.47. The highest BCUT2D eigenvalue weighted by molar-refractivity contribution is 4.75. The molecule has 1 unspecified atom stereocenters. The van der Waals surface area contributed by atoms with Gasteiger partial charge in [0.25, 0.3) is 0 Å². The molecule has 1 N–H and O–H groups in total. The van der Waals surface area contributed by atoms with Crippen LogP contribution in [0, 0.1) is 5.92 Å². The molecule has 1 aliphatic rings. The maximum Gasteiger partial charge on any atom is 0.0723 e. The standard InChI is InChI=1S/C10H21NO/c1-11-8-10(12-2)9-6-4-3-5-7-9/h9-11H,3-8H2,1-2H3. The van der Waals surface area contributed by atoms with Crippen molar-refractivity contribution in [2.75, 3.05) is 20.7 Å². The number of methoxy groups -OCH3 is 1. The number of nitrogens with one attached hydrogen (secondary N) is 1. The molecule has 1 atom stereocenters. The molecule has 1 fully saturated rings. The average Bonchev–Trinajstić information content (AvgIpc) is 2.15. The Morgan fingerprint density at radius 2 is 2.00 bits per heavy atom. The zero-order chi connectivity index (χ0) is 8.81. The van der Waals surface area contributed by atoms with E-state index in [1.807, 2.05) is 14.2 Å². The van der Waals surface area contributed by atoms with E-state index in [1.54, 1.807) is 0 Å². The van der Waals surface area contributed by atoms with E-state index in [4.69, 9.17) is 4.74 Å². The zero-order valence-corrected chi connectivity index (χ0v) is 8.31. The molecule has 0 saturated heterocycles. The minimum atomic E-state index is 0.440. The van der Waals surface area contributed by atoms with Gasteiger partial charge >= 0.3 is 0 Å². The lowest BCUT2D eigenvalue weighted by Gasteiger charge is -2.28. The van der Waals surface area contributed by atoms with Crippen LogP contribution in [0.4, 0.5) is 0 Å². The van der Waals surface area contributed by atoms with Crippen LogP contribution in [-0.4, -0.2) is 26.8 Å². The monoisotopic (exact) mass is 171 g/mol. The molecule has 12 heavy (non-hydrogen) atoms. The van der Waals surface area contributed by atoms with Crippen LogP contribution in [0.1, 0.15) is 32.1 Å². The largest absolute Gasteiger partial charge is 0.380 e. The van der Waals surface area contributed by atoms with Crippen LogP contribution in [0.2, 0.25) is 0 Å². The second kappa shape index (κ2) is 5.55. The first kappa shape index (κ1) is 10.0. The maximum absolute atomic E-state index is 5.47. The van der Waals surface area contributed by atoms with Crippen molar-refractivity contribution in [3.63, 3.8) is 0 Å². The summed E-state index contributed by atoms with van der Waals surface area (Å²) in [5.41, 5.74) is 0. The Morgan fingerprint density at radius 3 is 2.50 bits per heavy atom. The fourth-order valence-electron chi connectivity index (χ4n) is 2.15. The molecule has 2 heteroatoms. The van der Waals surface area contributed by atoms with Crippen LogP contribution >= 0.6 is 0 Å². The van der Waals surface area contributed by atoms with Gasteiger partial charge < -0.3 is 10.1 Å². The first-order chi connectivity index (χ1) is 5.88. The molecule has 0 aliphatic heterocycles. The van der Waals surface area contributed by atoms with Crippen LogP contribution in [0.5, 0.6) is 0 Å². The predicted octanol–water partition coefficient (Wildman–Crippen LogP) is 1.80. The Kier molecular flexibility index (Phi) is 4.62. The maximum atomic E-state index is 5.47. The molecule has 0 bridgehead atoms. The van der Waals surface area contributed by atoms with Gasteiger partial charge in [0.15, 0.2) is 0 Å². The van der Waals surface area contributed by atoms with Gasteiger partial charge in [0.2, 0.25) is 0 Å². The summed E-state index contributed by atoms with van der Waals surface area (Å²) in [5.74, 6) is 0.802. The molecule has 0 radical (unpaired) electrons. The Labute approximate surface area is 75.7 Å². The molecule has 1 aliphatic carbocycles. The van der Waals surface area contributed by atoms with Crippen molar-refractivity contribution >= 4 is 0 Å². The van der Waals surface area contributed by atoms with Gasteiger partial charge in [-0.25, -0.2) is 0 Å². The normalized spacial score (nSPS) is 22.5. The van der Waals surface area contributed by atoms with Gasteiger partial charge in [-0.1, -0.05) is 19.3 Å². The number of rotatable bonds is 4. The first-order valence-corrected chi connectivity index (χ1v) is 5.06. The number of hydrogen-bond acceptors (Lipinski definition) is 2. The summed E-state index contributed by atoms with van der Waals surface area (Å²) in [6.07, 6.45) is 7.38. The van der Waals surface area contributed by atoms with Crippen LogP contribution in [0.25, 0.3) is 0 Å². The van der Waals surface area contributed by atoms with Crippen molar-refractivity contribution in [3.05, 3.63) is 0 Å². The summed E-state index contributed by atoms with van der Waals surface area (Å²) in [7, 11) is 3.82. The van der Waals surface area contributed by atoms with Crippen molar-refractivity contribution in [2.45, 2.75) is 38.2 Å². The van der Waals surface area contributed by atoms with E-state index in [2.05, 4.69) is 5.32 Å². The Balaban J connectivity index is 2.29. The summed E-state index contributed by atoms with van der Waals surface area (Å²) in [6, 6.07) is 0. The minimum absolute atomic E-state index is 0.440. The molecule has 72 valence electrons. The van der Waals surface area contributed by atoms with Gasteiger partial charge in [0.05, 0.1) is 6.10 Å². The van der Waals surface area contributed by atoms with E-state index in [9.17, 15) is 0 Å². The van der Waals surface area contributed by atoms with E-state index in [0.717, 1.165) is 12.5 Å². The number of ether oxygens (including phenoxy) is 1. The molecule has 0 aromatic heterocycles. The van der Waals surface area contributed by atoms with Crippen LogP contribution in [0.3, 0.4) is 0 Å². The quantitative estimate of drug-likeness (QED) is 0.696. The van der Waals surface area contributed by atoms with Gasteiger partial charge in [0.1, 0.15) is 0 Å². The average molecular weight is 171 g/mol. The second-order valence-electron chi connectivity index (χ2n) is 3.73. The fourth-order valence-corrected chi connectivity index (χ4v) is 2.15. The van der Waals surface area contributed by atoms with Crippen molar-refractivity contribution in [3.8, 4) is 0 Å². The van der Waals surface area contributed by atoms with Gasteiger partial charge in [0, 0.05) is 13.7 Å². The summed E-state index contributed by atoms with van der Waals surface area (Å²) in [5, 5.41) is 3.19. The Morgan fingerprint density at radius 1 is 1.33 bits per heavy atom. The van der Waals surface area contributed by atoms with Crippen LogP contribution in [-0.2, 0) is 4.74 Å². The van der Waals surface area contributed by atoms with E-state index < -0.39 is 0 Å². The second-order valence-corrected chi connectivity index (χ2v) is 3.73. The minimum Gasteiger partial charge on any atom is -0.380 e. The van der Waals surface area contributed by atoms with Gasteiger partial charge in [-0.3, -0.25) is 0 Å². The smallest absolute Gasteiger partial charge is 0.0723 e.